The molecule has 0 atom stereocenters. The van der Waals surface area contributed by atoms with E-state index in [2.05, 4.69) is 25.5 Å². The molecule has 1 aliphatic rings. The quantitative estimate of drug-likeness (QED) is 0.545. The van der Waals surface area contributed by atoms with Gasteiger partial charge in [0.1, 0.15) is 0 Å². The van der Waals surface area contributed by atoms with Crippen molar-refractivity contribution in [2.45, 2.75) is 6.42 Å². The van der Waals surface area contributed by atoms with Crippen LogP contribution in [0.5, 0.6) is 0 Å². The molecule has 0 aromatic carbocycles. The van der Waals surface area contributed by atoms with Crippen molar-refractivity contribution in [3.8, 4) is 0 Å². The van der Waals surface area contributed by atoms with Crippen molar-refractivity contribution in [3.05, 3.63) is 0 Å². The number of tetrazole rings is 1. The third-order valence-electron chi connectivity index (χ3n) is 1.49. The molecule has 5 nitrogen and oxygen atoms in total. The molecule has 0 aliphatic carbocycles. The fourth-order valence-electron chi connectivity index (χ4n) is 0.816. The summed E-state index contributed by atoms with van der Waals surface area (Å²) in [6, 6.07) is 0. The molecule has 9 heavy (non-hydrogen) atoms. The highest BCUT2D eigenvalue weighted by Crippen LogP contribution is 2.11. The third kappa shape index (κ3) is 0.647. The Morgan fingerprint density at radius 2 is 2.33 bits per heavy atom. The molecular formula is C4H7N5. The number of nitrogens with one attached hydrogen (secondary N) is 1. The van der Waals surface area contributed by atoms with Crippen molar-refractivity contribution in [1.82, 2.24) is 20.6 Å². The lowest BCUT2D eigenvalue weighted by atomic mass is 10.2. The van der Waals surface area contributed by atoms with Gasteiger partial charge in [-0.1, -0.05) is 5.10 Å². The Bertz CT molecular complexity index is 177. The van der Waals surface area contributed by atoms with E-state index in [9.17, 15) is 0 Å². The molecule has 0 unspecified atom stereocenters. The summed E-state index contributed by atoms with van der Waals surface area (Å²) in [4.78, 5) is 2.10. The molecule has 48 valence electrons. The number of nitrogens with zero attached hydrogens (tertiary/aromatic N) is 4. The zero-order chi connectivity index (χ0) is 6.10. The van der Waals surface area contributed by atoms with Crippen molar-refractivity contribution in [3.63, 3.8) is 0 Å². The second-order valence-electron chi connectivity index (χ2n) is 2.07. The summed E-state index contributed by atoms with van der Waals surface area (Å²) < 4.78 is 0. The van der Waals surface area contributed by atoms with Gasteiger partial charge in [-0.3, -0.25) is 0 Å². The molecule has 1 aromatic heterocycles. The molecule has 0 radical (unpaired) electrons. The van der Waals surface area contributed by atoms with Crippen LogP contribution in [-0.4, -0.2) is 33.7 Å². The van der Waals surface area contributed by atoms with Gasteiger partial charge in [0.25, 0.3) is 0 Å². The van der Waals surface area contributed by atoms with Crippen molar-refractivity contribution in [2.24, 2.45) is 0 Å². The van der Waals surface area contributed by atoms with Crippen LogP contribution in [0.3, 0.4) is 0 Å². The van der Waals surface area contributed by atoms with Crippen LogP contribution >= 0.6 is 0 Å². The van der Waals surface area contributed by atoms with Crippen LogP contribution in [0.1, 0.15) is 6.42 Å². The second kappa shape index (κ2) is 1.68. The zero-order valence-corrected chi connectivity index (χ0v) is 4.91. The van der Waals surface area contributed by atoms with Gasteiger partial charge in [0.05, 0.1) is 0 Å². The van der Waals surface area contributed by atoms with Crippen LogP contribution in [0.25, 0.3) is 0 Å². The van der Waals surface area contributed by atoms with Gasteiger partial charge in [-0.15, -0.1) is 0 Å². The molecule has 0 saturated carbocycles. The van der Waals surface area contributed by atoms with Crippen LogP contribution in [0, 0.1) is 0 Å². The van der Waals surface area contributed by atoms with Gasteiger partial charge in [0.15, 0.2) is 0 Å². The minimum atomic E-state index is 0.793. The summed E-state index contributed by atoms with van der Waals surface area (Å²) in [6.45, 7) is 2.16. The van der Waals surface area contributed by atoms with E-state index in [4.69, 9.17) is 0 Å². The maximum atomic E-state index is 3.75. The molecular weight excluding hydrogens is 118 g/mol. The number of aromatic nitrogens is 4. The molecule has 1 N–H and O–H groups in total. The standard InChI is InChI=1S/C4H7N5/c1-2-9(3-1)4-5-7-8-6-4/h1-3H2,(H,5,6,7,8). The lowest BCUT2D eigenvalue weighted by molar-refractivity contribution is 0.601. The number of hydrogen-bond acceptors (Lipinski definition) is 4. The first-order valence-corrected chi connectivity index (χ1v) is 2.95. The van der Waals surface area contributed by atoms with E-state index in [1.807, 2.05) is 0 Å². The topological polar surface area (TPSA) is 57.7 Å². The average Bonchev–Trinajstić information content (AvgIpc) is 2.11. The van der Waals surface area contributed by atoms with E-state index in [1.54, 1.807) is 0 Å². The van der Waals surface area contributed by atoms with E-state index in [1.165, 1.54) is 6.42 Å². The number of rotatable bonds is 1. The van der Waals surface area contributed by atoms with Crippen molar-refractivity contribution < 1.29 is 0 Å². The molecule has 2 heterocycles. The Balaban J connectivity index is 2.14. The fraction of sp³-hybridized carbons (Fsp3) is 0.750. The zero-order valence-electron chi connectivity index (χ0n) is 4.91. The van der Waals surface area contributed by atoms with Crippen LogP contribution in [0.15, 0.2) is 0 Å². The van der Waals surface area contributed by atoms with Crippen molar-refractivity contribution in [1.29, 1.82) is 0 Å². The molecule has 0 bridgehead atoms. The predicted molar refractivity (Wildman–Crippen MR) is 31.0 cm³/mol. The average molecular weight is 125 g/mol. The molecule has 1 saturated heterocycles. The van der Waals surface area contributed by atoms with E-state index in [0.29, 0.717) is 0 Å². The molecule has 2 rings (SSSR count). The van der Waals surface area contributed by atoms with E-state index in [-0.39, 0.29) is 0 Å². The summed E-state index contributed by atoms with van der Waals surface area (Å²) in [5.41, 5.74) is 0. The van der Waals surface area contributed by atoms with Gasteiger partial charge in [-0.25, -0.2) is 5.10 Å². The smallest absolute Gasteiger partial charge is 0.242 e. The predicted octanol–water partition coefficient (Wildman–Crippen LogP) is -0.590. The highest BCUT2D eigenvalue weighted by atomic mass is 15.5. The lowest BCUT2D eigenvalue weighted by Gasteiger charge is -2.29. The lowest BCUT2D eigenvalue weighted by Crippen LogP contribution is -2.37. The Hall–Kier alpha value is -1.13. The summed E-state index contributed by atoms with van der Waals surface area (Å²) in [7, 11) is 0. The van der Waals surface area contributed by atoms with E-state index < -0.39 is 0 Å². The fourth-order valence-corrected chi connectivity index (χ4v) is 0.816. The number of H-pyrrole nitrogens is 1. The van der Waals surface area contributed by atoms with E-state index in [0.717, 1.165) is 19.0 Å². The number of anilines is 1. The third-order valence-corrected chi connectivity index (χ3v) is 1.49. The summed E-state index contributed by atoms with van der Waals surface area (Å²) in [5.74, 6) is 0.793. The minimum Gasteiger partial charge on any atom is -0.340 e. The Labute approximate surface area is 52.1 Å². The summed E-state index contributed by atoms with van der Waals surface area (Å²) >= 11 is 0. The minimum absolute atomic E-state index is 0.793. The molecule has 0 spiro atoms. The molecule has 5 heteroatoms. The van der Waals surface area contributed by atoms with Gasteiger partial charge in [-0.05, 0) is 16.8 Å². The first-order valence-electron chi connectivity index (χ1n) is 2.95. The van der Waals surface area contributed by atoms with E-state index >= 15 is 0 Å². The van der Waals surface area contributed by atoms with Gasteiger partial charge in [0.2, 0.25) is 5.95 Å². The Morgan fingerprint density at radius 3 is 2.78 bits per heavy atom. The number of aromatic amines is 1. The molecule has 1 aliphatic heterocycles. The Kier molecular flexibility index (Phi) is 0.881. The highest BCUT2D eigenvalue weighted by molar-refractivity contribution is 5.29. The monoisotopic (exact) mass is 125 g/mol. The SMILES string of the molecule is C1CN(c2nnn[nH]2)C1. The van der Waals surface area contributed by atoms with Crippen LogP contribution in [0.2, 0.25) is 0 Å². The van der Waals surface area contributed by atoms with Gasteiger partial charge in [0, 0.05) is 13.1 Å². The molecule has 1 aromatic rings. The van der Waals surface area contributed by atoms with Crippen molar-refractivity contribution in [2.75, 3.05) is 18.0 Å². The molecule has 0 amide bonds. The largest absolute Gasteiger partial charge is 0.340 e. The summed E-state index contributed by atoms with van der Waals surface area (Å²) in [6.07, 6.45) is 1.25. The van der Waals surface area contributed by atoms with Crippen LogP contribution < -0.4 is 4.90 Å². The highest BCUT2D eigenvalue weighted by Gasteiger charge is 2.16. The van der Waals surface area contributed by atoms with Gasteiger partial charge in [-0.2, -0.15) is 0 Å². The first-order chi connectivity index (χ1) is 4.47. The molecule has 1 fully saturated rings. The maximum absolute atomic E-state index is 3.75. The number of hydrogen-bond donors (Lipinski definition) is 1. The first kappa shape index (κ1) is 4.72. The van der Waals surface area contributed by atoms with Gasteiger partial charge < -0.3 is 4.90 Å². The normalized spacial score (nSPS) is 17.6. The summed E-state index contributed by atoms with van der Waals surface area (Å²) in [5, 5.41) is 13.4. The van der Waals surface area contributed by atoms with Crippen molar-refractivity contribution >= 4 is 5.95 Å². The van der Waals surface area contributed by atoms with Crippen LogP contribution in [-0.2, 0) is 0 Å². The van der Waals surface area contributed by atoms with Crippen LogP contribution in [0.4, 0.5) is 5.95 Å². The van der Waals surface area contributed by atoms with Gasteiger partial charge >= 0.3 is 0 Å². The Morgan fingerprint density at radius 1 is 1.44 bits per heavy atom. The maximum Gasteiger partial charge on any atom is 0.242 e. The second-order valence-corrected chi connectivity index (χ2v) is 2.07.